The zero-order chi connectivity index (χ0) is 40.6. The summed E-state index contributed by atoms with van der Waals surface area (Å²) in [5, 5.41) is 18.7. The molecule has 8 nitrogen and oxygen atoms in total. The van der Waals surface area contributed by atoms with E-state index in [4.69, 9.17) is 14.6 Å². The number of rotatable bonds is 21. The van der Waals surface area contributed by atoms with Crippen molar-refractivity contribution in [2.75, 3.05) is 13.2 Å². The summed E-state index contributed by atoms with van der Waals surface area (Å²) in [7, 11) is 0. The van der Waals surface area contributed by atoms with Crippen molar-refractivity contribution in [1.82, 2.24) is 0 Å². The van der Waals surface area contributed by atoms with Crippen LogP contribution in [0.3, 0.4) is 0 Å². The summed E-state index contributed by atoms with van der Waals surface area (Å²) in [5.41, 5.74) is -2.10. The Kier molecular flexibility index (Phi) is 20.4. The van der Waals surface area contributed by atoms with Crippen molar-refractivity contribution in [1.29, 1.82) is 0 Å². The highest BCUT2D eigenvalue weighted by atomic mass is 16.5. The van der Waals surface area contributed by atoms with Gasteiger partial charge in [0.05, 0.1) is 35.9 Å². The standard InChI is InChI=1S/C30H50O4.C15H26O4/c1-21(2)16-29(17-22(3)4,27(31)33-19-23(5)6)30(25(9)10,28(32)34-20-24(7)8)18-26-14-12-11-13-15-26;1-11(2)8-15(14(18)19,10-13(16)17)9-12-6-4-3-5-7-12/h11-15,21-25H,16-20H2,1-10H3;11-12H,3-10H2,1-2H3,(H,16,17)(H,18,19). The maximum Gasteiger partial charge on any atom is 0.313 e. The van der Waals surface area contributed by atoms with Gasteiger partial charge in [-0.25, -0.2) is 0 Å². The average Bonchev–Trinajstić information content (AvgIpc) is 3.04. The first-order valence-corrected chi connectivity index (χ1v) is 20.5. The minimum Gasteiger partial charge on any atom is -0.481 e. The normalized spacial score (nSPS) is 16.3. The predicted molar refractivity (Wildman–Crippen MR) is 213 cm³/mol. The third-order valence-corrected chi connectivity index (χ3v) is 10.7. The lowest BCUT2D eigenvalue weighted by Crippen LogP contribution is -2.59. The highest BCUT2D eigenvalue weighted by molar-refractivity contribution is 5.89. The van der Waals surface area contributed by atoms with Crippen LogP contribution in [0.15, 0.2) is 30.3 Å². The highest BCUT2D eigenvalue weighted by Gasteiger charge is 2.64. The summed E-state index contributed by atoms with van der Waals surface area (Å²) >= 11 is 0. The fraction of sp³-hybridized carbons (Fsp3) is 0.778. The molecule has 0 amide bonds. The topological polar surface area (TPSA) is 127 Å². The molecule has 2 unspecified atom stereocenters. The van der Waals surface area contributed by atoms with E-state index in [2.05, 4.69) is 41.5 Å². The molecule has 53 heavy (non-hydrogen) atoms. The van der Waals surface area contributed by atoms with Gasteiger partial charge in [0, 0.05) is 0 Å². The van der Waals surface area contributed by atoms with E-state index in [9.17, 15) is 24.3 Å². The first-order chi connectivity index (χ1) is 24.6. The van der Waals surface area contributed by atoms with E-state index in [1.54, 1.807) is 0 Å². The number of hydrogen-bond donors (Lipinski definition) is 2. The summed E-state index contributed by atoms with van der Waals surface area (Å²) in [6.07, 6.45) is 7.92. The molecule has 0 heterocycles. The second-order valence-corrected chi connectivity index (χ2v) is 18.5. The molecule has 1 fully saturated rings. The van der Waals surface area contributed by atoms with Crippen LogP contribution in [0.25, 0.3) is 0 Å². The number of carbonyl (C=O) groups is 4. The van der Waals surface area contributed by atoms with E-state index >= 15 is 0 Å². The molecule has 0 bridgehead atoms. The molecule has 1 aliphatic carbocycles. The molecule has 1 saturated carbocycles. The summed E-state index contributed by atoms with van der Waals surface area (Å²) < 4.78 is 12.0. The molecule has 0 aromatic heterocycles. The Labute approximate surface area is 322 Å². The Bertz CT molecular complexity index is 1230. The van der Waals surface area contributed by atoms with Gasteiger partial charge in [-0.2, -0.15) is 0 Å². The fourth-order valence-corrected chi connectivity index (χ4v) is 8.78. The van der Waals surface area contributed by atoms with Gasteiger partial charge >= 0.3 is 23.9 Å². The molecule has 0 radical (unpaired) electrons. The molecule has 0 aliphatic heterocycles. The summed E-state index contributed by atoms with van der Waals surface area (Å²) in [6, 6.07) is 10.0. The van der Waals surface area contributed by atoms with Gasteiger partial charge < -0.3 is 19.7 Å². The first kappa shape index (κ1) is 48.1. The van der Waals surface area contributed by atoms with Crippen molar-refractivity contribution in [3.63, 3.8) is 0 Å². The third-order valence-electron chi connectivity index (χ3n) is 10.7. The van der Waals surface area contributed by atoms with E-state index in [1.807, 2.05) is 71.9 Å². The van der Waals surface area contributed by atoms with Crippen LogP contribution in [0, 0.1) is 57.7 Å². The minimum absolute atomic E-state index is 0.128. The molecule has 1 aromatic rings. The number of carboxylic acids is 2. The quantitative estimate of drug-likeness (QED) is 0.119. The van der Waals surface area contributed by atoms with Gasteiger partial charge in [-0.05, 0) is 79.1 Å². The van der Waals surface area contributed by atoms with E-state index in [-0.39, 0.29) is 53.9 Å². The number of ether oxygens (including phenoxy) is 2. The maximum atomic E-state index is 14.2. The van der Waals surface area contributed by atoms with Gasteiger partial charge in [-0.1, -0.05) is 146 Å². The van der Waals surface area contributed by atoms with Crippen LogP contribution in [-0.2, 0) is 35.1 Å². The molecule has 0 spiro atoms. The van der Waals surface area contributed by atoms with Crippen molar-refractivity contribution in [2.45, 2.75) is 154 Å². The lowest BCUT2D eigenvalue weighted by molar-refractivity contribution is -0.193. The third kappa shape index (κ3) is 14.7. The van der Waals surface area contributed by atoms with Crippen molar-refractivity contribution >= 4 is 23.9 Å². The molecule has 8 heteroatoms. The molecular weight excluding hydrogens is 668 g/mol. The predicted octanol–water partition coefficient (Wildman–Crippen LogP) is 10.9. The van der Waals surface area contributed by atoms with Crippen molar-refractivity contribution < 1.29 is 38.9 Å². The molecule has 2 atom stereocenters. The van der Waals surface area contributed by atoms with E-state index in [0.717, 1.165) is 31.2 Å². The highest BCUT2D eigenvalue weighted by Crippen LogP contribution is 2.56. The Hall–Kier alpha value is -2.90. The molecule has 0 saturated heterocycles. The number of carboxylic acid groups (broad SMARTS) is 2. The minimum atomic E-state index is -1.08. The SMILES string of the molecule is CC(C)CC(CC(=O)O)(CC1CCCCC1)C(=O)O.CC(C)COC(=O)C(CC(C)C)(CC(C)C)C(Cc1ccccc1)(C(=O)OCC(C)C)C(C)C. The zero-order valence-corrected chi connectivity index (χ0v) is 35.5. The molecular formula is C45H76O8. The van der Waals surface area contributed by atoms with Crippen LogP contribution in [0.5, 0.6) is 0 Å². The van der Waals surface area contributed by atoms with E-state index in [0.29, 0.717) is 51.2 Å². The number of esters is 2. The van der Waals surface area contributed by atoms with Gasteiger partial charge in [0.1, 0.15) is 0 Å². The Balaban J connectivity index is 0.000000622. The second-order valence-electron chi connectivity index (χ2n) is 18.5. The summed E-state index contributed by atoms with van der Waals surface area (Å²) in [6.45, 7) is 25.4. The molecule has 1 aliphatic rings. The molecule has 1 aromatic carbocycles. The van der Waals surface area contributed by atoms with Crippen LogP contribution in [0.1, 0.15) is 153 Å². The van der Waals surface area contributed by atoms with Crippen molar-refractivity contribution in [3.8, 4) is 0 Å². The van der Waals surface area contributed by atoms with Gasteiger partial charge in [-0.3, -0.25) is 19.2 Å². The fourth-order valence-electron chi connectivity index (χ4n) is 8.78. The van der Waals surface area contributed by atoms with Crippen LogP contribution in [-0.4, -0.2) is 47.3 Å². The molecule has 2 rings (SSSR count). The number of benzene rings is 1. The number of aliphatic carboxylic acids is 2. The smallest absolute Gasteiger partial charge is 0.313 e. The van der Waals surface area contributed by atoms with Gasteiger partial charge in [-0.15, -0.1) is 0 Å². The molecule has 304 valence electrons. The Morgan fingerprint density at radius 3 is 1.53 bits per heavy atom. The lowest BCUT2D eigenvalue weighted by atomic mass is 9.51. The average molecular weight is 745 g/mol. The molecule has 2 N–H and O–H groups in total. The van der Waals surface area contributed by atoms with Gasteiger partial charge in [0.25, 0.3) is 0 Å². The second kappa shape index (κ2) is 22.5. The van der Waals surface area contributed by atoms with Crippen LogP contribution < -0.4 is 0 Å². The lowest BCUT2D eigenvalue weighted by Gasteiger charge is -2.51. The van der Waals surface area contributed by atoms with E-state index < -0.39 is 28.2 Å². The first-order valence-electron chi connectivity index (χ1n) is 20.5. The zero-order valence-electron chi connectivity index (χ0n) is 35.5. The summed E-state index contributed by atoms with van der Waals surface area (Å²) in [5.74, 6) is -1.18. The number of carbonyl (C=O) groups excluding carboxylic acids is 2. The van der Waals surface area contributed by atoms with Crippen LogP contribution >= 0.6 is 0 Å². The van der Waals surface area contributed by atoms with Gasteiger partial charge in [0.15, 0.2) is 0 Å². The van der Waals surface area contributed by atoms with Crippen molar-refractivity contribution in [3.05, 3.63) is 35.9 Å². The largest absolute Gasteiger partial charge is 0.481 e. The van der Waals surface area contributed by atoms with Crippen LogP contribution in [0.2, 0.25) is 0 Å². The monoisotopic (exact) mass is 745 g/mol. The Morgan fingerprint density at radius 1 is 0.660 bits per heavy atom. The maximum absolute atomic E-state index is 14.2. The summed E-state index contributed by atoms with van der Waals surface area (Å²) in [4.78, 5) is 51.2. The van der Waals surface area contributed by atoms with Crippen molar-refractivity contribution in [2.24, 2.45) is 57.7 Å². The number of hydrogen-bond acceptors (Lipinski definition) is 6. The van der Waals surface area contributed by atoms with E-state index in [1.165, 1.54) is 6.42 Å². The Morgan fingerprint density at radius 2 is 1.13 bits per heavy atom. The van der Waals surface area contributed by atoms with Crippen LogP contribution in [0.4, 0.5) is 0 Å². The van der Waals surface area contributed by atoms with Gasteiger partial charge in [0.2, 0.25) is 0 Å².